The van der Waals surface area contributed by atoms with Crippen molar-refractivity contribution in [1.82, 2.24) is 9.97 Å². The van der Waals surface area contributed by atoms with E-state index in [0.717, 1.165) is 5.69 Å². The second kappa shape index (κ2) is 6.77. The zero-order valence-corrected chi connectivity index (χ0v) is 12.9. The number of anilines is 1. The van der Waals surface area contributed by atoms with Gasteiger partial charge in [0, 0.05) is 18.8 Å². The van der Waals surface area contributed by atoms with Gasteiger partial charge in [0.2, 0.25) is 5.95 Å². The smallest absolute Gasteiger partial charge is 0.308 e. The molecule has 8 heteroatoms. The lowest BCUT2D eigenvalue weighted by Crippen LogP contribution is -2.44. The van der Waals surface area contributed by atoms with Crippen LogP contribution in [0, 0.1) is 6.92 Å². The topological polar surface area (TPSA) is 90.6 Å². The minimum atomic E-state index is -0.296. The number of nitrogens with zero attached hydrogens (tertiary/aromatic N) is 3. The zero-order valence-electron chi connectivity index (χ0n) is 12.0. The number of aryl methyl sites for hydroxylation is 1. The lowest BCUT2D eigenvalue weighted by molar-refractivity contribution is -0.144. The number of hydrogen-bond acceptors (Lipinski definition) is 7. The van der Waals surface area contributed by atoms with Crippen LogP contribution in [-0.4, -0.2) is 53.8 Å². The average Bonchev–Trinajstić information content (AvgIpc) is 2.46. The van der Waals surface area contributed by atoms with Crippen LogP contribution < -0.4 is 10.6 Å². The number of rotatable bonds is 4. The summed E-state index contributed by atoms with van der Waals surface area (Å²) in [5.74, 6) is 0.256. The van der Waals surface area contributed by atoms with Crippen LogP contribution in [0.25, 0.3) is 0 Å². The fraction of sp³-hybridized carbons (Fsp3) is 0.538. The largest absolute Gasteiger partial charge is 0.469 e. The molecule has 0 aromatic carbocycles. The van der Waals surface area contributed by atoms with E-state index in [1.54, 1.807) is 6.07 Å². The first-order valence-electron chi connectivity index (χ1n) is 6.58. The van der Waals surface area contributed by atoms with E-state index < -0.39 is 0 Å². The second-order valence-electron chi connectivity index (χ2n) is 4.78. The van der Waals surface area contributed by atoms with Crippen molar-refractivity contribution in [2.75, 3.05) is 31.7 Å². The quantitative estimate of drug-likeness (QED) is 0.622. The van der Waals surface area contributed by atoms with Gasteiger partial charge in [0.15, 0.2) is 0 Å². The van der Waals surface area contributed by atoms with Gasteiger partial charge in [-0.25, -0.2) is 9.97 Å². The molecule has 1 aromatic heterocycles. The number of thiocarbonyl (C=S) groups is 1. The van der Waals surface area contributed by atoms with E-state index in [2.05, 4.69) is 14.7 Å². The van der Waals surface area contributed by atoms with E-state index in [-0.39, 0.29) is 23.5 Å². The number of carbonyl (C=O) groups excluding carboxylic acids is 1. The number of nitrogens with two attached hydrogens (primary N) is 1. The van der Waals surface area contributed by atoms with Gasteiger partial charge in [0.25, 0.3) is 0 Å². The van der Waals surface area contributed by atoms with Crippen molar-refractivity contribution in [2.24, 2.45) is 5.73 Å². The molecule has 0 radical (unpaired) electrons. The predicted octanol–water partition coefficient (Wildman–Crippen LogP) is 0.188. The molecule has 114 valence electrons. The lowest BCUT2D eigenvalue weighted by Gasteiger charge is -2.32. The third kappa shape index (κ3) is 4.08. The van der Waals surface area contributed by atoms with Crippen molar-refractivity contribution in [2.45, 2.75) is 19.4 Å². The number of morpholine rings is 1. The third-order valence-electron chi connectivity index (χ3n) is 3.14. The molecule has 2 rings (SSSR count). The normalized spacial score (nSPS) is 18.4. The summed E-state index contributed by atoms with van der Waals surface area (Å²) >= 11 is 4.96. The third-order valence-corrected chi connectivity index (χ3v) is 3.35. The summed E-state index contributed by atoms with van der Waals surface area (Å²) in [7, 11) is 1.36. The van der Waals surface area contributed by atoms with Crippen LogP contribution in [0.2, 0.25) is 0 Å². The first kappa shape index (κ1) is 15.6. The Bertz CT molecular complexity index is 552. The molecule has 1 aliphatic rings. The molecule has 0 saturated carbocycles. The van der Waals surface area contributed by atoms with Crippen molar-refractivity contribution in [3.63, 3.8) is 0 Å². The predicted molar refractivity (Wildman–Crippen MR) is 81.2 cm³/mol. The number of esters is 1. The van der Waals surface area contributed by atoms with Crippen LogP contribution in [0.15, 0.2) is 6.07 Å². The van der Waals surface area contributed by atoms with Crippen molar-refractivity contribution in [1.29, 1.82) is 0 Å². The lowest BCUT2D eigenvalue weighted by atomic mass is 10.2. The van der Waals surface area contributed by atoms with E-state index >= 15 is 0 Å². The molecule has 2 N–H and O–H groups in total. The molecule has 0 bridgehead atoms. The van der Waals surface area contributed by atoms with Crippen LogP contribution in [-0.2, 0) is 14.3 Å². The van der Waals surface area contributed by atoms with Crippen LogP contribution in [0.5, 0.6) is 0 Å². The molecule has 2 heterocycles. The summed E-state index contributed by atoms with van der Waals surface area (Å²) in [4.78, 5) is 22.3. The van der Waals surface area contributed by atoms with Gasteiger partial charge < -0.3 is 20.1 Å². The highest BCUT2D eigenvalue weighted by atomic mass is 32.1. The molecule has 21 heavy (non-hydrogen) atoms. The van der Waals surface area contributed by atoms with Gasteiger partial charge in [0.1, 0.15) is 10.7 Å². The summed E-state index contributed by atoms with van der Waals surface area (Å²) in [5.41, 5.74) is 6.96. The molecule has 0 amide bonds. The minimum Gasteiger partial charge on any atom is -0.469 e. The van der Waals surface area contributed by atoms with E-state index in [0.29, 0.717) is 31.3 Å². The van der Waals surface area contributed by atoms with Crippen LogP contribution in [0.1, 0.15) is 17.8 Å². The molecule has 1 saturated heterocycles. The summed E-state index contributed by atoms with van der Waals surface area (Å²) in [6, 6.07) is 1.75. The van der Waals surface area contributed by atoms with Gasteiger partial charge in [0.05, 0.1) is 26.2 Å². The van der Waals surface area contributed by atoms with E-state index in [9.17, 15) is 4.79 Å². The van der Waals surface area contributed by atoms with Crippen molar-refractivity contribution >= 4 is 29.1 Å². The van der Waals surface area contributed by atoms with Crippen LogP contribution in [0.3, 0.4) is 0 Å². The molecular formula is C13H18N4O3S. The Morgan fingerprint density at radius 2 is 2.38 bits per heavy atom. The molecule has 0 spiro atoms. The van der Waals surface area contributed by atoms with Gasteiger partial charge in [-0.1, -0.05) is 12.2 Å². The van der Waals surface area contributed by atoms with E-state index in [1.165, 1.54) is 7.11 Å². The Morgan fingerprint density at radius 3 is 3.05 bits per heavy atom. The van der Waals surface area contributed by atoms with Crippen LogP contribution >= 0.6 is 12.2 Å². The van der Waals surface area contributed by atoms with Gasteiger partial charge in [-0.2, -0.15) is 0 Å². The monoisotopic (exact) mass is 310 g/mol. The molecule has 7 nitrogen and oxygen atoms in total. The second-order valence-corrected chi connectivity index (χ2v) is 5.22. The Labute approximate surface area is 128 Å². The van der Waals surface area contributed by atoms with E-state index in [1.807, 2.05) is 11.8 Å². The summed E-state index contributed by atoms with van der Waals surface area (Å²) in [6.45, 7) is 3.54. The molecule has 1 atom stereocenters. The van der Waals surface area contributed by atoms with Gasteiger partial charge in [-0.3, -0.25) is 4.79 Å². The fourth-order valence-corrected chi connectivity index (χ4v) is 2.22. The Hall–Kier alpha value is -1.80. The van der Waals surface area contributed by atoms with Gasteiger partial charge >= 0.3 is 5.97 Å². The molecule has 1 fully saturated rings. The molecule has 1 unspecified atom stereocenters. The fourth-order valence-electron chi connectivity index (χ4n) is 2.11. The number of carbonyl (C=O) groups is 1. The Balaban J connectivity index is 2.14. The van der Waals surface area contributed by atoms with Crippen molar-refractivity contribution in [3.05, 3.63) is 17.5 Å². The SMILES string of the molecule is COC(=O)CC1CN(c2nc(C)cc(C(N)=S)n2)CCO1. The Morgan fingerprint density at radius 1 is 1.62 bits per heavy atom. The highest BCUT2D eigenvalue weighted by Crippen LogP contribution is 2.16. The highest BCUT2D eigenvalue weighted by molar-refractivity contribution is 7.80. The van der Waals surface area contributed by atoms with Crippen molar-refractivity contribution in [3.8, 4) is 0 Å². The first-order valence-corrected chi connectivity index (χ1v) is 6.99. The van der Waals surface area contributed by atoms with Crippen LogP contribution in [0.4, 0.5) is 5.95 Å². The maximum Gasteiger partial charge on any atom is 0.308 e. The summed E-state index contributed by atoms with van der Waals surface area (Å²) in [5, 5.41) is 0. The number of ether oxygens (including phenoxy) is 2. The highest BCUT2D eigenvalue weighted by Gasteiger charge is 2.25. The molecule has 0 aliphatic carbocycles. The van der Waals surface area contributed by atoms with Gasteiger partial charge in [-0.15, -0.1) is 0 Å². The summed E-state index contributed by atoms with van der Waals surface area (Å²) in [6.07, 6.45) is -0.0235. The zero-order chi connectivity index (χ0) is 15.4. The number of methoxy groups -OCH3 is 1. The first-order chi connectivity index (χ1) is 9.99. The standard InChI is InChI=1S/C13H18N4O3S/c1-8-5-10(12(14)21)16-13(15-8)17-3-4-20-9(7-17)6-11(18)19-2/h5,9H,3-4,6-7H2,1-2H3,(H2,14,21). The minimum absolute atomic E-state index is 0.209. The Kier molecular flexibility index (Phi) is 5.03. The number of hydrogen-bond donors (Lipinski definition) is 1. The molecule has 1 aliphatic heterocycles. The van der Waals surface area contributed by atoms with Crippen molar-refractivity contribution < 1.29 is 14.3 Å². The maximum atomic E-state index is 11.3. The van der Waals surface area contributed by atoms with E-state index in [4.69, 9.17) is 22.7 Å². The summed E-state index contributed by atoms with van der Waals surface area (Å²) < 4.78 is 10.2. The van der Waals surface area contributed by atoms with Gasteiger partial charge in [-0.05, 0) is 13.0 Å². The molecular weight excluding hydrogens is 292 g/mol. The number of aromatic nitrogens is 2. The average molecular weight is 310 g/mol. The molecule has 1 aromatic rings. The maximum absolute atomic E-state index is 11.3.